The van der Waals surface area contributed by atoms with Gasteiger partial charge in [0.05, 0.1) is 10.9 Å². The minimum Gasteiger partial charge on any atom is -0.311 e. The molecular formula is C12H27N3S. The molecule has 0 aliphatic heterocycles. The van der Waals surface area contributed by atoms with Gasteiger partial charge in [-0.15, -0.1) is 11.8 Å². The number of thioether (sulfide) groups is 1. The van der Waals surface area contributed by atoms with Crippen molar-refractivity contribution in [2.24, 2.45) is 0 Å². The van der Waals surface area contributed by atoms with Crippen molar-refractivity contribution in [2.75, 3.05) is 33.9 Å². The first-order valence-electron chi connectivity index (χ1n) is 5.85. The van der Waals surface area contributed by atoms with E-state index in [0.717, 1.165) is 5.75 Å². The maximum atomic E-state index is 7.41. The molecule has 96 valence electrons. The fraction of sp³-hybridized carbons (Fsp3) is 0.917. The van der Waals surface area contributed by atoms with Gasteiger partial charge in [-0.1, -0.05) is 13.3 Å². The van der Waals surface area contributed by atoms with Crippen LogP contribution in [-0.4, -0.2) is 60.9 Å². The van der Waals surface area contributed by atoms with E-state index in [0.29, 0.717) is 0 Å². The molecule has 0 amide bonds. The third-order valence-electron chi connectivity index (χ3n) is 3.08. The van der Waals surface area contributed by atoms with Gasteiger partial charge in [-0.25, -0.2) is 0 Å². The van der Waals surface area contributed by atoms with Crippen LogP contribution in [0.25, 0.3) is 0 Å². The van der Waals surface area contributed by atoms with Crippen LogP contribution in [0.3, 0.4) is 0 Å². The Kier molecular flexibility index (Phi) is 7.27. The molecule has 3 nitrogen and oxygen atoms in total. The molecule has 0 bridgehead atoms. The Bertz CT molecular complexity index is 206. The topological polar surface area (TPSA) is 30.3 Å². The van der Waals surface area contributed by atoms with Gasteiger partial charge in [-0.3, -0.25) is 4.90 Å². The summed E-state index contributed by atoms with van der Waals surface area (Å²) in [6.07, 6.45) is 3.91. The van der Waals surface area contributed by atoms with E-state index in [9.17, 15) is 0 Å². The molecule has 0 heterocycles. The zero-order chi connectivity index (χ0) is 12.8. The van der Waals surface area contributed by atoms with Crippen molar-refractivity contribution in [1.82, 2.24) is 9.80 Å². The molecule has 0 saturated heterocycles. The average molecular weight is 245 g/mol. The predicted octanol–water partition coefficient (Wildman–Crippen LogP) is 2.38. The van der Waals surface area contributed by atoms with Crippen LogP contribution in [0.5, 0.6) is 0 Å². The standard InChI is InChI=1S/C12H27N3S/c1-7-8-12(2,15(5)6)16-10-11(9-13)14(3)4/h9,11,13H,7-8,10H2,1-6H3. The number of rotatable bonds is 8. The van der Waals surface area contributed by atoms with E-state index in [1.54, 1.807) is 0 Å². The van der Waals surface area contributed by atoms with Crippen LogP contribution in [0, 0.1) is 5.41 Å². The quantitative estimate of drug-likeness (QED) is 0.526. The zero-order valence-electron chi connectivity index (χ0n) is 11.6. The highest BCUT2D eigenvalue weighted by Crippen LogP contribution is 2.32. The second-order valence-electron chi connectivity index (χ2n) is 4.83. The van der Waals surface area contributed by atoms with Gasteiger partial charge in [0.2, 0.25) is 0 Å². The van der Waals surface area contributed by atoms with Crippen LogP contribution in [-0.2, 0) is 0 Å². The van der Waals surface area contributed by atoms with Gasteiger partial charge in [0.1, 0.15) is 0 Å². The molecule has 16 heavy (non-hydrogen) atoms. The lowest BCUT2D eigenvalue weighted by Gasteiger charge is -2.37. The summed E-state index contributed by atoms with van der Waals surface area (Å²) >= 11 is 1.95. The van der Waals surface area contributed by atoms with Crippen molar-refractivity contribution in [2.45, 2.75) is 37.6 Å². The molecule has 0 aliphatic rings. The molecule has 2 atom stereocenters. The molecule has 0 rings (SSSR count). The lowest BCUT2D eigenvalue weighted by atomic mass is 10.2. The van der Waals surface area contributed by atoms with E-state index < -0.39 is 0 Å². The normalized spacial score (nSPS) is 17.5. The van der Waals surface area contributed by atoms with Crippen LogP contribution in [0.1, 0.15) is 26.7 Å². The van der Waals surface area contributed by atoms with Crippen LogP contribution in [0.4, 0.5) is 0 Å². The number of hydrogen-bond acceptors (Lipinski definition) is 4. The van der Waals surface area contributed by atoms with E-state index >= 15 is 0 Å². The lowest BCUT2D eigenvalue weighted by molar-refractivity contribution is 0.260. The van der Waals surface area contributed by atoms with Crippen LogP contribution >= 0.6 is 11.8 Å². The van der Waals surface area contributed by atoms with E-state index in [1.165, 1.54) is 19.1 Å². The highest BCUT2D eigenvalue weighted by molar-refractivity contribution is 8.00. The molecule has 4 heteroatoms. The summed E-state index contributed by atoms with van der Waals surface area (Å²) in [5.74, 6) is 0.977. The molecule has 0 aromatic rings. The Morgan fingerprint density at radius 1 is 1.31 bits per heavy atom. The van der Waals surface area contributed by atoms with Crippen molar-refractivity contribution in [3.63, 3.8) is 0 Å². The first kappa shape index (κ1) is 15.9. The van der Waals surface area contributed by atoms with Crippen molar-refractivity contribution < 1.29 is 0 Å². The summed E-state index contributed by atoms with van der Waals surface area (Å²) in [4.78, 5) is 4.58. The van der Waals surface area contributed by atoms with E-state index in [4.69, 9.17) is 5.41 Å². The van der Waals surface area contributed by atoms with Crippen molar-refractivity contribution in [1.29, 1.82) is 5.41 Å². The van der Waals surface area contributed by atoms with Gasteiger partial charge < -0.3 is 10.3 Å². The van der Waals surface area contributed by atoms with Gasteiger partial charge >= 0.3 is 0 Å². The molecule has 1 N–H and O–H groups in total. The maximum absolute atomic E-state index is 7.41. The largest absolute Gasteiger partial charge is 0.311 e. The van der Waals surface area contributed by atoms with Crippen molar-refractivity contribution in [3.05, 3.63) is 0 Å². The fourth-order valence-corrected chi connectivity index (χ4v) is 3.03. The van der Waals surface area contributed by atoms with Crippen LogP contribution in [0.15, 0.2) is 0 Å². The third-order valence-corrected chi connectivity index (χ3v) is 4.78. The monoisotopic (exact) mass is 245 g/mol. The van der Waals surface area contributed by atoms with Gasteiger partial charge in [0.15, 0.2) is 0 Å². The highest BCUT2D eigenvalue weighted by Gasteiger charge is 2.27. The summed E-state index contributed by atoms with van der Waals surface area (Å²) in [7, 11) is 8.33. The van der Waals surface area contributed by atoms with Crippen molar-refractivity contribution >= 4 is 18.0 Å². The molecular weight excluding hydrogens is 218 g/mol. The van der Waals surface area contributed by atoms with E-state index in [-0.39, 0.29) is 10.9 Å². The minimum absolute atomic E-state index is 0.187. The van der Waals surface area contributed by atoms with E-state index in [2.05, 4.69) is 37.7 Å². The van der Waals surface area contributed by atoms with Gasteiger partial charge in [0.25, 0.3) is 0 Å². The summed E-state index contributed by atoms with van der Waals surface area (Å²) in [5, 5.41) is 7.41. The Labute approximate surface area is 105 Å². The predicted molar refractivity (Wildman–Crippen MR) is 75.7 cm³/mol. The first-order valence-corrected chi connectivity index (χ1v) is 6.84. The minimum atomic E-state index is 0.187. The number of hydrogen-bond donors (Lipinski definition) is 1. The molecule has 0 spiro atoms. The summed E-state index contributed by atoms with van der Waals surface area (Å²) in [6.45, 7) is 4.51. The number of nitrogens with zero attached hydrogens (tertiary/aromatic N) is 2. The molecule has 0 fully saturated rings. The summed E-state index contributed by atoms with van der Waals surface area (Å²) in [6, 6.07) is 0.237. The third kappa shape index (κ3) is 4.85. The van der Waals surface area contributed by atoms with Crippen LogP contribution < -0.4 is 0 Å². The molecule has 0 saturated carbocycles. The van der Waals surface area contributed by atoms with Gasteiger partial charge in [0, 0.05) is 12.0 Å². The first-order chi connectivity index (χ1) is 7.37. The maximum Gasteiger partial charge on any atom is 0.0637 e. The van der Waals surface area contributed by atoms with Gasteiger partial charge in [-0.2, -0.15) is 0 Å². The second kappa shape index (κ2) is 7.30. The molecule has 0 aromatic heterocycles. The second-order valence-corrected chi connectivity index (χ2v) is 6.33. The molecule has 0 aromatic carbocycles. The number of nitrogens with one attached hydrogen (secondary N) is 1. The smallest absolute Gasteiger partial charge is 0.0637 e. The lowest BCUT2D eigenvalue weighted by Crippen LogP contribution is -2.41. The Morgan fingerprint density at radius 2 is 1.88 bits per heavy atom. The Hall–Kier alpha value is -0.0600. The zero-order valence-corrected chi connectivity index (χ0v) is 12.4. The average Bonchev–Trinajstić information content (AvgIpc) is 2.18. The molecule has 0 radical (unpaired) electrons. The van der Waals surface area contributed by atoms with Gasteiger partial charge in [-0.05, 0) is 41.5 Å². The Morgan fingerprint density at radius 3 is 2.19 bits per heavy atom. The summed E-state index contributed by atoms with van der Waals surface area (Å²) < 4.78 is 0. The van der Waals surface area contributed by atoms with Crippen LogP contribution in [0.2, 0.25) is 0 Å². The highest BCUT2D eigenvalue weighted by atomic mass is 32.2. The summed E-state index contributed by atoms with van der Waals surface area (Å²) in [5.41, 5.74) is 0. The Balaban J connectivity index is 4.36. The molecule has 2 unspecified atom stereocenters. The fourth-order valence-electron chi connectivity index (χ4n) is 1.50. The molecule has 0 aliphatic carbocycles. The van der Waals surface area contributed by atoms with Crippen molar-refractivity contribution in [3.8, 4) is 0 Å². The van der Waals surface area contributed by atoms with E-state index in [1.807, 2.05) is 25.9 Å². The SMILES string of the molecule is CCCC(C)(SCC(C=N)N(C)C)N(C)C.